The fraction of sp³-hybridized carbons (Fsp3) is 0.267. The summed E-state index contributed by atoms with van der Waals surface area (Å²) in [6, 6.07) is 10.0. The lowest BCUT2D eigenvalue weighted by Crippen LogP contribution is -2.13. The smallest absolute Gasteiger partial charge is 0.236 e. The molecule has 0 bridgehead atoms. The van der Waals surface area contributed by atoms with Crippen LogP contribution < -0.4 is 5.32 Å². The quantitative estimate of drug-likeness (QED) is 0.827. The van der Waals surface area contributed by atoms with Crippen LogP contribution in [-0.4, -0.2) is 22.4 Å². The molecule has 6 heteroatoms. The number of carbonyl (C=O) groups is 2. The zero-order valence-electron chi connectivity index (χ0n) is 11.9. The van der Waals surface area contributed by atoms with E-state index in [0.29, 0.717) is 21.5 Å². The van der Waals surface area contributed by atoms with Crippen LogP contribution in [0.5, 0.6) is 0 Å². The van der Waals surface area contributed by atoms with E-state index < -0.39 is 0 Å². The number of benzene rings is 1. The van der Waals surface area contributed by atoms with E-state index in [-0.39, 0.29) is 11.7 Å². The summed E-state index contributed by atoms with van der Waals surface area (Å²) in [5.74, 6) is 1.04. The minimum Gasteiger partial charge on any atom is -0.301 e. The lowest BCUT2D eigenvalue weighted by Gasteiger charge is -2.02. The maximum atomic E-state index is 11.8. The van der Waals surface area contributed by atoms with Gasteiger partial charge in [-0.15, -0.1) is 11.8 Å². The maximum absolute atomic E-state index is 11.8. The molecule has 2 aromatic rings. The van der Waals surface area contributed by atoms with Crippen molar-refractivity contribution in [1.29, 1.82) is 0 Å². The van der Waals surface area contributed by atoms with E-state index in [1.165, 1.54) is 23.8 Å². The average Bonchev–Trinajstić information content (AvgIpc) is 2.81. The Balaban J connectivity index is 1.82. The molecule has 1 N–H and O–H groups in total. The SMILES string of the molecule is CC(=O)c1sc(NC(=O)CSCc2ccccc2)nc1C. The average molecular weight is 320 g/mol. The van der Waals surface area contributed by atoms with Gasteiger partial charge in [-0.3, -0.25) is 9.59 Å². The Hall–Kier alpha value is -1.66. The Morgan fingerprint density at radius 1 is 1.29 bits per heavy atom. The molecule has 0 saturated heterocycles. The highest BCUT2D eigenvalue weighted by molar-refractivity contribution is 7.99. The summed E-state index contributed by atoms with van der Waals surface area (Å²) in [7, 11) is 0. The van der Waals surface area contributed by atoms with Crippen molar-refractivity contribution in [1.82, 2.24) is 4.98 Å². The molecular weight excluding hydrogens is 304 g/mol. The van der Waals surface area contributed by atoms with Crippen molar-refractivity contribution in [2.75, 3.05) is 11.1 Å². The van der Waals surface area contributed by atoms with Gasteiger partial charge < -0.3 is 5.32 Å². The van der Waals surface area contributed by atoms with Gasteiger partial charge in [0.25, 0.3) is 0 Å². The highest BCUT2D eigenvalue weighted by Gasteiger charge is 2.13. The largest absolute Gasteiger partial charge is 0.301 e. The summed E-state index contributed by atoms with van der Waals surface area (Å²) in [6.07, 6.45) is 0. The number of thioether (sulfide) groups is 1. The fourth-order valence-corrected chi connectivity index (χ4v) is 3.43. The summed E-state index contributed by atoms with van der Waals surface area (Å²) in [6.45, 7) is 3.27. The second-order valence-corrected chi connectivity index (χ2v) is 6.50. The van der Waals surface area contributed by atoms with Crippen LogP contribution in [0, 0.1) is 6.92 Å². The molecule has 2 rings (SSSR count). The lowest BCUT2D eigenvalue weighted by atomic mass is 10.2. The number of thiazole rings is 1. The summed E-state index contributed by atoms with van der Waals surface area (Å²) in [4.78, 5) is 28.0. The molecular formula is C15H16N2O2S2. The Bertz CT molecular complexity index is 638. The van der Waals surface area contributed by atoms with Crippen molar-refractivity contribution in [2.45, 2.75) is 19.6 Å². The van der Waals surface area contributed by atoms with Crippen LogP contribution in [0.1, 0.15) is 27.9 Å². The topological polar surface area (TPSA) is 59.1 Å². The van der Waals surface area contributed by atoms with E-state index in [2.05, 4.69) is 10.3 Å². The number of rotatable bonds is 6. The number of anilines is 1. The first kappa shape index (κ1) is 15.7. The van der Waals surface area contributed by atoms with Crippen molar-refractivity contribution >= 4 is 39.9 Å². The van der Waals surface area contributed by atoms with E-state index in [0.717, 1.165) is 5.75 Å². The maximum Gasteiger partial charge on any atom is 0.236 e. The molecule has 0 saturated carbocycles. The number of nitrogens with zero attached hydrogens (tertiary/aromatic N) is 1. The minimum absolute atomic E-state index is 0.0241. The molecule has 1 heterocycles. The van der Waals surface area contributed by atoms with E-state index in [1.807, 2.05) is 30.3 Å². The molecule has 1 amide bonds. The summed E-state index contributed by atoms with van der Waals surface area (Å²) in [5, 5.41) is 3.23. The Labute approximate surface area is 132 Å². The normalized spacial score (nSPS) is 10.4. The van der Waals surface area contributed by atoms with E-state index in [9.17, 15) is 9.59 Å². The first-order chi connectivity index (χ1) is 10.1. The van der Waals surface area contributed by atoms with Crippen LogP contribution in [0.25, 0.3) is 0 Å². The van der Waals surface area contributed by atoms with Crippen LogP contribution in [-0.2, 0) is 10.5 Å². The van der Waals surface area contributed by atoms with Crippen LogP contribution in [0.3, 0.4) is 0 Å². The molecule has 1 aromatic heterocycles. The van der Waals surface area contributed by atoms with Crippen LogP contribution >= 0.6 is 23.1 Å². The third-order valence-electron chi connectivity index (χ3n) is 2.71. The van der Waals surface area contributed by atoms with Gasteiger partial charge in [0.15, 0.2) is 10.9 Å². The fourth-order valence-electron chi connectivity index (χ4n) is 1.77. The molecule has 0 aliphatic carbocycles. The number of Topliss-reactive ketones (excluding diaryl/α,β-unsaturated/α-hetero) is 1. The monoisotopic (exact) mass is 320 g/mol. The number of aromatic nitrogens is 1. The Morgan fingerprint density at radius 2 is 2.00 bits per heavy atom. The number of carbonyl (C=O) groups excluding carboxylic acids is 2. The first-order valence-electron chi connectivity index (χ1n) is 6.46. The van der Waals surface area contributed by atoms with Crippen molar-refractivity contribution in [3.8, 4) is 0 Å². The van der Waals surface area contributed by atoms with Gasteiger partial charge in [-0.25, -0.2) is 4.98 Å². The summed E-state index contributed by atoms with van der Waals surface area (Å²) < 4.78 is 0. The van der Waals surface area contributed by atoms with Gasteiger partial charge in [0, 0.05) is 12.7 Å². The number of hydrogen-bond donors (Lipinski definition) is 1. The van der Waals surface area contributed by atoms with Crippen molar-refractivity contribution in [3.05, 3.63) is 46.5 Å². The number of amides is 1. The standard InChI is InChI=1S/C15H16N2O2S2/c1-10-14(11(2)18)21-15(16-10)17-13(19)9-20-8-12-6-4-3-5-7-12/h3-7H,8-9H2,1-2H3,(H,16,17,19). The van der Waals surface area contributed by atoms with E-state index >= 15 is 0 Å². The summed E-state index contributed by atoms with van der Waals surface area (Å²) >= 11 is 2.77. The zero-order valence-corrected chi connectivity index (χ0v) is 13.5. The third kappa shape index (κ3) is 4.68. The van der Waals surface area contributed by atoms with Crippen LogP contribution in [0.15, 0.2) is 30.3 Å². The number of hydrogen-bond acceptors (Lipinski definition) is 5. The van der Waals surface area contributed by atoms with Gasteiger partial charge in [-0.05, 0) is 12.5 Å². The van der Waals surface area contributed by atoms with Gasteiger partial charge in [0.2, 0.25) is 5.91 Å². The molecule has 0 fully saturated rings. The van der Waals surface area contributed by atoms with Crippen LogP contribution in [0.4, 0.5) is 5.13 Å². The van der Waals surface area contributed by atoms with E-state index in [1.54, 1.807) is 18.7 Å². The highest BCUT2D eigenvalue weighted by Crippen LogP contribution is 2.23. The van der Waals surface area contributed by atoms with Crippen molar-refractivity contribution in [2.24, 2.45) is 0 Å². The Morgan fingerprint density at radius 3 is 2.62 bits per heavy atom. The number of ketones is 1. The first-order valence-corrected chi connectivity index (χ1v) is 8.43. The van der Waals surface area contributed by atoms with E-state index in [4.69, 9.17) is 0 Å². The molecule has 0 spiro atoms. The summed E-state index contributed by atoms with van der Waals surface area (Å²) in [5.41, 5.74) is 1.86. The molecule has 0 aliphatic heterocycles. The van der Waals surface area contributed by atoms with Gasteiger partial charge in [0.1, 0.15) is 0 Å². The molecule has 4 nitrogen and oxygen atoms in total. The second-order valence-electron chi connectivity index (χ2n) is 4.52. The van der Waals surface area contributed by atoms with Crippen LogP contribution in [0.2, 0.25) is 0 Å². The van der Waals surface area contributed by atoms with Gasteiger partial charge >= 0.3 is 0 Å². The lowest BCUT2D eigenvalue weighted by molar-refractivity contribution is -0.113. The number of aryl methyl sites for hydroxylation is 1. The van der Waals surface area contributed by atoms with Gasteiger partial charge in [-0.2, -0.15) is 0 Å². The van der Waals surface area contributed by atoms with Gasteiger partial charge in [0.05, 0.1) is 16.3 Å². The molecule has 0 unspecified atom stereocenters. The molecule has 0 radical (unpaired) electrons. The Kier molecular flexibility index (Phi) is 5.52. The van der Waals surface area contributed by atoms with Gasteiger partial charge in [-0.1, -0.05) is 41.7 Å². The second kappa shape index (κ2) is 7.38. The molecule has 0 atom stereocenters. The molecule has 21 heavy (non-hydrogen) atoms. The number of nitrogens with one attached hydrogen (secondary N) is 1. The van der Waals surface area contributed by atoms with Crippen molar-refractivity contribution in [3.63, 3.8) is 0 Å². The molecule has 110 valence electrons. The predicted octanol–water partition coefficient (Wildman–Crippen LogP) is 3.53. The zero-order chi connectivity index (χ0) is 15.2. The molecule has 0 aliphatic rings. The minimum atomic E-state index is -0.0974. The predicted molar refractivity (Wildman–Crippen MR) is 88.1 cm³/mol. The highest BCUT2D eigenvalue weighted by atomic mass is 32.2. The third-order valence-corrected chi connectivity index (χ3v) is 4.88. The van der Waals surface area contributed by atoms with Crippen molar-refractivity contribution < 1.29 is 9.59 Å². The molecule has 1 aromatic carbocycles.